The van der Waals surface area contributed by atoms with Gasteiger partial charge in [-0.2, -0.15) is 0 Å². The maximum Gasteiger partial charge on any atom is 0.234 e. The standard InChI is InChI=1S/C16H31ClOS/c1-3-5-7-9-10-11-13-15(16(17)18)19-14-12-8-6-4-2/h15H,3-14H2,1-2H3/t15-/m0/s1. The molecule has 0 aliphatic rings. The van der Waals surface area contributed by atoms with Gasteiger partial charge in [0.15, 0.2) is 0 Å². The number of hydrogen-bond donors (Lipinski definition) is 0. The molecule has 0 aromatic carbocycles. The minimum absolute atomic E-state index is 0.0365. The SMILES string of the molecule is CCCCCCCC[C@H](SCCCCCC)C(=O)Cl. The van der Waals surface area contributed by atoms with Gasteiger partial charge in [-0.3, -0.25) is 4.79 Å². The van der Waals surface area contributed by atoms with E-state index < -0.39 is 0 Å². The second-order valence-corrected chi connectivity index (χ2v) is 6.96. The highest BCUT2D eigenvalue weighted by Gasteiger charge is 2.15. The van der Waals surface area contributed by atoms with Gasteiger partial charge in [-0.15, -0.1) is 11.8 Å². The van der Waals surface area contributed by atoms with Crippen molar-refractivity contribution in [2.24, 2.45) is 0 Å². The van der Waals surface area contributed by atoms with Gasteiger partial charge in [0.25, 0.3) is 0 Å². The van der Waals surface area contributed by atoms with Crippen LogP contribution in [-0.2, 0) is 4.79 Å². The molecule has 0 amide bonds. The summed E-state index contributed by atoms with van der Waals surface area (Å²) in [5.74, 6) is 1.08. The first-order valence-corrected chi connectivity index (χ1v) is 9.46. The Labute approximate surface area is 129 Å². The predicted octanol–water partition coefficient (Wildman–Crippen LogP) is 6.18. The molecule has 0 N–H and O–H groups in total. The zero-order chi connectivity index (χ0) is 14.3. The van der Waals surface area contributed by atoms with E-state index in [1.165, 1.54) is 57.8 Å². The molecule has 1 atom stereocenters. The van der Waals surface area contributed by atoms with E-state index in [9.17, 15) is 4.79 Å². The Hall–Kier alpha value is 0.310. The van der Waals surface area contributed by atoms with Crippen molar-refractivity contribution in [1.82, 2.24) is 0 Å². The Morgan fingerprint density at radius 1 is 0.895 bits per heavy atom. The molecule has 0 aromatic heterocycles. The molecule has 114 valence electrons. The molecule has 3 heteroatoms. The Morgan fingerprint density at radius 3 is 2.00 bits per heavy atom. The van der Waals surface area contributed by atoms with E-state index >= 15 is 0 Å². The summed E-state index contributed by atoms with van der Waals surface area (Å²) in [7, 11) is 0. The summed E-state index contributed by atoms with van der Waals surface area (Å²) in [6, 6.07) is 0. The van der Waals surface area contributed by atoms with E-state index in [1.807, 2.05) is 0 Å². The number of hydrogen-bond acceptors (Lipinski definition) is 2. The molecule has 0 saturated carbocycles. The maximum absolute atomic E-state index is 11.4. The first-order valence-electron chi connectivity index (χ1n) is 8.03. The summed E-state index contributed by atoms with van der Waals surface area (Å²) in [6.45, 7) is 4.45. The van der Waals surface area contributed by atoms with Crippen LogP contribution in [0.2, 0.25) is 0 Å². The molecule has 0 heterocycles. The van der Waals surface area contributed by atoms with Gasteiger partial charge in [-0.25, -0.2) is 0 Å². The molecule has 1 nitrogen and oxygen atoms in total. The van der Waals surface area contributed by atoms with Gasteiger partial charge in [-0.1, -0.05) is 71.6 Å². The van der Waals surface area contributed by atoms with Crippen LogP contribution in [-0.4, -0.2) is 16.2 Å². The van der Waals surface area contributed by atoms with E-state index in [2.05, 4.69) is 13.8 Å². The lowest BCUT2D eigenvalue weighted by Gasteiger charge is -2.12. The third-order valence-electron chi connectivity index (χ3n) is 3.39. The molecular weight excluding hydrogens is 276 g/mol. The molecule has 19 heavy (non-hydrogen) atoms. The van der Waals surface area contributed by atoms with Crippen molar-refractivity contribution in [2.45, 2.75) is 89.7 Å². The number of carbonyl (C=O) groups is 1. The van der Waals surface area contributed by atoms with Crippen molar-refractivity contribution in [2.75, 3.05) is 5.75 Å². The van der Waals surface area contributed by atoms with Crippen LogP contribution >= 0.6 is 23.4 Å². The third-order valence-corrected chi connectivity index (χ3v) is 5.16. The van der Waals surface area contributed by atoms with Crippen LogP contribution in [0.3, 0.4) is 0 Å². The Kier molecular flexibility index (Phi) is 15.0. The van der Waals surface area contributed by atoms with Crippen molar-refractivity contribution in [3.8, 4) is 0 Å². The summed E-state index contributed by atoms with van der Waals surface area (Å²) < 4.78 is 0. The Bertz CT molecular complexity index is 209. The fourth-order valence-corrected chi connectivity index (χ4v) is 3.54. The van der Waals surface area contributed by atoms with Crippen LogP contribution in [0.1, 0.15) is 84.5 Å². The zero-order valence-electron chi connectivity index (χ0n) is 12.8. The second kappa shape index (κ2) is 14.7. The average molecular weight is 307 g/mol. The first kappa shape index (κ1) is 19.3. The number of carbonyl (C=O) groups excluding carboxylic acids is 1. The first-order chi connectivity index (χ1) is 9.22. The van der Waals surface area contributed by atoms with Crippen LogP contribution in [0.4, 0.5) is 0 Å². The van der Waals surface area contributed by atoms with Crippen LogP contribution in [0.15, 0.2) is 0 Å². The topological polar surface area (TPSA) is 17.1 Å². The lowest BCUT2D eigenvalue weighted by molar-refractivity contribution is -0.111. The normalized spacial score (nSPS) is 12.6. The van der Waals surface area contributed by atoms with Crippen LogP contribution in [0, 0.1) is 0 Å². The van der Waals surface area contributed by atoms with Gasteiger partial charge < -0.3 is 0 Å². The van der Waals surface area contributed by atoms with Crippen molar-refractivity contribution >= 4 is 28.6 Å². The Morgan fingerprint density at radius 2 is 1.42 bits per heavy atom. The van der Waals surface area contributed by atoms with Crippen molar-refractivity contribution in [1.29, 1.82) is 0 Å². The molecule has 0 aliphatic carbocycles. The van der Waals surface area contributed by atoms with Crippen molar-refractivity contribution in [3.05, 3.63) is 0 Å². The fourth-order valence-electron chi connectivity index (χ4n) is 2.13. The molecular formula is C16H31ClOS. The van der Waals surface area contributed by atoms with E-state index in [1.54, 1.807) is 11.8 Å². The number of thioether (sulfide) groups is 1. The van der Waals surface area contributed by atoms with Gasteiger partial charge in [-0.05, 0) is 30.2 Å². The molecule has 0 saturated heterocycles. The quantitative estimate of drug-likeness (QED) is 0.281. The lowest BCUT2D eigenvalue weighted by atomic mass is 10.1. The molecule has 0 bridgehead atoms. The maximum atomic E-state index is 11.4. The van der Waals surface area contributed by atoms with Gasteiger partial charge in [0.2, 0.25) is 5.24 Å². The number of unbranched alkanes of at least 4 members (excludes halogenated alkanes) is 8. The monoisotopic (exact) mass is 306 g/mol. The van der Waals surface area contributed by atoms with Gasteiger partial charge in [0.05, 0.1) is 5.25 Å². The van der Waals surface area contributed by atoms with Crippen LogP contribution < -0.4 is 0 Å². The summed E-state index contributed by atoms with van der Waals surface area (Å²) >= 11 is 7.45. The van der Waals surface area contributed by atoms with Crippen molar-refractivity contribution in [3.63, 3.8) is 0 Å². The van der Waals surface area contributed by atoms with Gasteiger partial charge in [0, 0.05) is 0 Å². The Balaban J connectivity index is 3.54. The third kappa shape index (κ3) is 13.1. The summed E-state index contributed by atoms with van der Waals surface area (Å²) in [5.41, 5.74) is 0. The molecule has 0 fully saturated rings. The van der Waals surface area contributed by atoms with E-state index in [0.29, 0.717) is 0 Å². The number of halogens is 1. The highest BCUT2D eigenvalue weighted by Crippen LogP contribution is 2.22. The van der Waals surface area contributed by atoms with Crippen molar-refractivity contribution < 1.29 is 4.79 Å². The van der Waals surface area contributed by atoms with Crippen LogP contribution in [0.25, 0.3) is 0 Å². The summed E-state index contributed by atoms with van der Waals surface area (Å²) in [4.78, 5) is 11.4. The smallest absolute Gasteiger partial charge is 0.234 e. The largest absolute Gasteiger partial charge is 0.280 e. The predicted molar refractivity (Wildman–Crippen MR) is 89.2 cm³/mol. The molecule has 0 spiro atoms. The van der Waals surface area contributed by atoms with Gasteiger partial charge in [0.1, 0.15) is 0 Å². The van der Waals surface area contributed by atoms with E-state index in [0.717, 1.165) is 18.6 Å². The fraction of sp³-hybridized carbons (Fsp3) is 0.938. The number of rotatable bonds is 14. The molecule has 0 rings (SSSR count). The molecule has 0 radical (unpaired) electrons. The van der Waals surface area contributed by atoms with Crippen LogP contribution in [0.5, 0.6) is 0 Å². The molecule has 0 aromatic rings. The van der Waals surface area contributed by atoms with E-state index in [-0.39, 0.29) is 10.5 Å². The minimum Gasteiger partial charge on any atom is -0.280 e. The average Bonchev–Trinajstić information content (AvgIpc) is 2.39. The minimum atomic E-state index is -0.144. The lowest BCUT2D eigenvalue weighted by Crippen LogP contribution is -2.12. The highest BCUT2D eigenvalue weighted by atomic mass is 35.5. The van der Waals surface area contributed by atoms with Gasteiger partial charge >= 0.3 is 0 Å². The molecule has 0 unspecified atom stereocenters. The van der Waals surface area contributed by atoms with E-state index in [4.69, 9.17) is 11.6 Å². The second-order valence-electron chi connectivity index (χ2n) is 5.28. The highest BCUT2D eigenvalue weighted by molar-refractivity contribution is 8.00. The molecule has 0 aliphatic heterocycles. The zero-order valence-corrected chi connectivity index (χ0v) is 14.3. The summed E-state index contributed by atoms with van der Waals surface area (Å²) in [6.07, 6.45) is 13.7. The summed E-state index contributed by atoms with van der Waals surface area (Å²) in [5, 5.41) is -0.108.